The van der Waals surface area contributed by atoms with Gasteiger partial charge in [0.15, 0.2) is 0 Å². The normalized spacial score (nSPS) is 25.3. The van der Waals surface area contributed by atoms with Crippen molar-refractivity contribution in [3.63, 3.8) is 0 Å². The van der Waals surface area contributed by atoms with Gasteiger partial charge < -0.3 is 10.1 Å². The molecule has 1 N–H and O–H groups in total. The Morgan fingerprint density at radius 1 is 1.25 bits per heavy atom. The average molecular weight is 273 g/mol. The first-order valence-electron chi connectivity index (χ1n) is 8.22. The molecule has 0 bridgehead atoms. The molecular formula is C18H27NO. The minimum atomic E-state index is 0.638. The summed E-state index contributed by atoms with van der Waals surface area (Å²) in [5.41, 5.74) is 3.02. The van der Waals surface area contributed by atoms with Crippen LogP contribution in [0, 0.1) is 5.92 Å². The van der Waals surface area contributed by atoms with Gasteiger partial charge in [-0.25, -0.2) is 0 Å². The van der Waals surface area contributed by atoms with Crippen LogP contribution in [-0.2, 0) is 6.42 Å². The third-order valence-corrected chi connectivity index (χ3v) is 4.90. The lowest BCUT2D eigenvalue weighted by molar-refractivity contribution is 0.340. The third-order valence-electron chi connectivity index (χ3n) is 4.90. The fraction of sp³-hybridized carbons (Fsp3) is 0.667. The number of hydrogen-bond donors (Lipinski definition) is 1. The second kappa shape index (κ2) is 6.17. The van der Waals surface area contributed by atoms with E-state index in [1.807, 2.05) is 7.11 Å². The number of rotatable bonds is 6. The van der Waals surface area contributed by atoms with Gasteiger partial charge in [-0.3, -0.25) is 0 Å². The second-order valence-electron chi connectivity index (χ2n) is 6.42. The van der Waals surface area contributed by atoms with Crippen LogP contribution < -0.4 is 10.1 Å². The van der Waals surface area contributed by atoms with Gasteiger partial charge in [0.2, 0.25) is 0 Å². The van der Waals surface area contributed by atoms with Gasteiger partial charge in [-0.2, -0.15) is 0 Å². The van der Waals surface area contributed by atoms with E-state index in [1.165, 1.54) is 49.7 Å². The van der Waals surface area contributed by atoms with E-state index in [0.717, 1.165) is 18.2 Å². The highest BCUT2D eigenvalue weighted by Gasteiger charge is 2.36. The monoisotopic (exact) mass is 273 g/mol. The van der Waals surface area contributed by atoms with Crippen LogP contribution in [0.15, 0.2) is 18.2 Å². The lowest BCUT2D eigenvalue weighted by atomic mass is 9.76. The largest absolute Gasteiger partial charge is 0.496 e. The summed E-state index contributed by atoms with van der Waals surface area (Å²) >= 11 is 0. The lowest BCUT2D eigenvalue weighted by Crippen LogP contribution is -2.39. The zero-order valence-corrected chi connectivity index (χ0v) is 12.8. The van der Waals surface area contributed by atoms with Crippen molar-refractivity contribution >= 4 is 0 Å². The van der Waals surface area contributed by atoms with Crippen LogP contribution in [0.2, 0.25) is 0 Å². The molecule has 1 aromatic rings. The van der Waals surface area contributed by atoms with E-state index in [4.69, 9.17) is 4.74 Å². The summed E-state index contributed by atoms with van der Waals surface area (Å²) in [6.07, 6.45) is 7.88. The summed E-state index contributed by atoms with van der Waals surface area (Å²) in [4.78, 5) is 0. The summed E-state index contributed by atoms with van der Waals surface area (Å²) in [6, 6.07) is 7.22. The molecule has 2 atom stereocenters. The number of nitrogens with one attached hydrogen (secondary N) is 1. The molecule has 1 aromatic carbocycles. The van der Waals surface area contributed by atoms with Crippen LogP contribution in [0.25, 0.3) is 0 Å². The molecule has 0 radical (unpaired) electrons. The van der Waals surface area contributed by atoms with Crippen LogP contribution in [-0.4, -0.2) is 19.7 Å². The minimum Gasteiger partial charge on any atom is -0.496 e. The van der Waals surface area contributed by atoms with Crippen LogP contribution in [0.5, 0.6) is 5.75 Å². The molecule has 20 heavy (non-hydrogen) atoms. The molecule has 0 amide bonds. The zero-order valence-electron chi connectivity index (χ0n) is 12.8. The van der Waals surface area contributed by atoms with Crippen molar-refractivity contribution in [1.82, 2.24) is 5.32 Å². The smallest absolute Gasteiger partial charge is 0.122 e. The number of hydrogen-bond acceptors (Lipinski definition) is 2. The second-order valence-corrected chi connectivity index (χ2v) is 6.42. The van der Waals surface area contributed by atoms with Crippen LogP contribution >= 0.6 is 0 Å². The summed E-state index contributed by atoms with van der Waals surface area (Å²) in [5, 5.41) is 3.79. The minimum absolute atomic E-state index is 0.638. The Labute approximate surface area is 122 Å². The fourth-order valence-corrected chi connectivity index (χ4v) is 3.69. The van der Waals surface area contributed by atoms with Gasteiger partial charge in [0, 0.05) is 17.5 Å². The first-order chi connectivity index (χ1) is 9.83. The molecule has 1 fully saturated rings. The maximum absolute atomic E-state index is 5.67. The standard InChI is InChI=1S/C18H27NO/c1-3-11-19-16-10-9-14-5-4-6-17(20-2)18(14)15(16)12-13-7-8-13/h4-6,13,15-16,19H,3,7-12H2,1-2H3/t15-,16-/m0/s1. The maximum atomic E-state index is 5.67. The first-order valence-corrected chi connectivity index (χ1v) is 8.22. The van der Waals surface area contributed by atoms with Gasteiger partial charge in [-0.1, -0.05) is 31.9 Å². The Hall–Kier alpha value is -1.02. The van der Waals surface area contributed by atoms with E-state index in [1.54, 1.807) is 0 Å². The van der Waals surface area contributed by atoms with Crippen molar-refractivity contribution in [3.8, 4) is 5.75 Å². The van der Waals surface area contributed by atoms with Crippen molar-refractivity contribution in [2.45, 2.75) is 57.4 Å². The quantitative estimate of drug-likeness (QED) is 0.849. The average Bonchev–Trinajstić information content (AvgIpc) is 3.29. The molecule has 0 spiro atoms. The molecule has 2 aliphatic rings. The molecule has 0 heterocycles. The Bertz CT molecular complexity index is 438. The molecule has 2 heteroatoms. The first kappa shape index (κ1) is 13.9. The van der Waals surface area contributed by atoms with E-state index >= 15 is 0 Å². The van der Waals surface area contributed by atoms with Gasteiger partial charge in [0.1, 0.15) is 5.75 Å². The van der Waals surface area contributed by atoms with Crippen molar-refractivity contribution in [3.05, 3.63) is 29.3 Å². The molecule has 2 nitrogen and oxygen atoms in total. The summed E-state index contributed by atoms with van der Waals surface area (Å²) < 4.78 is 5.67. The molecular weight excluding hydrogens is 246 g/mol. The molecule has 1 saturated carbocycles. The Morgan fingerprint density at radius 2 is 2.10 bits per heavy atom. The predicted octanol–water partition coefficient (Wildman–Crippen LogP) is 3.89. The molecule has 0 saturated heterocycles. The summed E-state index contributed by atoms with van der Waals surface area (Å²) in [6.45, 7) is 3.39. The molecule has 3 rings (SSSR count). The predicted molar refractivity (Wildman–Crippen MR) is 83.5 cm³/mol. The van der Waals surface area contributed by atoms with Crippen LogP contribution in [0.3, 0.4) is 0 Å². The van der Waals surface area contributed by atoms with Gasteiger partial charge in [0.25, 0.3) is 0 Å². The third kappa shape index (κ3) is 2.85. The zero-order chi connectivity index (χ0) is 13.9. The number of aryl methyl sites for hydroxylation is 1. The summed E-state index contributed by atoms with van der Waals surface area (Å²) in [7, 11) is 1.81. The van der Waals surface area contributed by atoms with Crippen LogP contribution in [0.4, 0.5) is 0 Å². The van der Waals surface area contributed by atoms with E-state index in [-0.39, 0.29) is 0 Å². The van der Waals surface area contributed by atoms with Crippen molar-refractivity contribution < 1.29 is 4.74 Å². The molecule has 2 aliphatic carbocycles. The summed E-state index contributed by atoms with van der Waals surface area (Å²) in [5.74, 6) is 2.71. The Morgan fingerprint density at radius 3 is 2.80 bits per heavy atom. The number of benzene rings is 1. The van der Waals surface area contributed by atoms with Crippen molar-refractivity contribution in [2.24, 2.45) is 5.92 Å². The highest BCUT2D eigenvalue weighted by molar-refractivity contribution is 5.45. The topological polar surface area (TPSA) is 21.3 Å². The van der Waals surface area contributed by atoms with E-state index in [0.29, 0.717) is 12.0 Å². The highest BCUT2D eigenvalue weighted by Crippen LogP contribution is 2.46. The van der Waals surface area contributed by atoms with Gasteiger partial charge >= 0.3 is 0 Å². The van der Waals surface area contributed by atoms with Gasteiger partial charge in [0.05, 0.1) is 7.11 Å². The van der Waals surface area contributed by atoms with E-state index in [2.05, 4.69) is 30.4 Å². The van der Waals surface area contributed by atoms with Crippen molar-refractivity contribution in [2.75, 3.05) is 13.7 Å². The Kier molecular flexibility index (Phi) is 4.30. The van der Waals surface area contributed by atoms with Gasteiger partial charge in [-0.05, 0) is 49.8 Å². The Balaban J connectivity index is 1.89. The number of ether oxygens (including phenoxy) is 1. The molecule has 0 aromatic heterocycles. The van der Waals surface area contributed by atoms with E-state index < -0.39 is 0 Å². The molecule has 0 unspecified atom stereocenters. The lowest BCUT2D eigenvalue weighted by Gasteiger charge is -2.35. The number of methoxy groups -OCH3 is 1. The fourth-order valence-electron chi connectivity index (χ4n) is 3.69. The number of fused-ring (bicyclic) bond motifs is 1. The van der Waals surface area contributed by atoms with Crippen LogP contribution in [0.1, 0.15) is 56.1 Å². The molecule has 0 aliphatic heterocycles. The molecule has 110 valence electrons. The van der Waals surface area contributed by atoms with Crippen molar-refractivity contribution in [1.29, 1.82) is 0 Å². The maximum Gasteiger partial charge on any atom is 0.122 e. The highest BCUT2D eigenvalue weighted by atomic mass is 16.5. The van der Waals surface area contributed by atoms with Gasteiger partial charge in [-0.15, -0.1) is 0 Å². The van der Waals surface area contributed by atoms with E-state index in [9.17, 15) is 0 Å². The SMILES string of the molecule is CCCN[C@H]1CCc2cccc(OC)c2[C@H]1CC1CC1.